The first kappa shape index (κ1) is 16.4. The van der Waals surface area contributed by atoms with E-state index in [-0.39, 0.29) is 11.4 Å². The largest absolute Gasteiger partial charge is 0.380 e. The highest BCUT2D eigenvalue weighted by atomic mass is 16.5. The topological polar surface area (TPSA) is 45.3 Å². The summed E-state index contributed by atoms with van der Waals surface area (Å²) in [6.07, 6.45) is 7.05. The van der Waals surface area contributed by atoms with Gasteiger partial charge in [-0.1, -0.05) is 31.5 Å². The number of fused-ring (bicyclic) bond motifs is 4. The lowest BCUT2D eigenvalue weighted by Crippen LogP contribution is -2.49. The first-order valence-corrected chi connectivity index (χ1v) is 9.34. The molecule has 25 heavy (non-hydrogen) atoms. The highest BCUT2D eigenvalue weighted by molar-refractivity contribution is 5.94. The summed E-state index contributed by atoms with van der Waals surface area (Å²) in [5, 5.41) is 1.29. The van der Waals surface area contributed by atoms with Gasteiger partial charge in [0.05, 0.1) is 6.61 Å². The van der Waals surface area contributed by atoms with E-state index in [9.17, 15) is 4.79 Å². The van der Waals surface area contributed by atoms with E-state index in [0.29, 0.717) is 6.61 Å². The van der Waals surface area contributed by atoms with Crippen molar-refractivity contribution in [3.63, 3.8) is 0 Å². The van der Waals surface area contributed by atoms with Crippen LogP contribution in [-0.2, 0) is 21.5 Å². The fraction of sp³-hybridized carbons (Fsp3) is 0.476. The van der Waals surface area contributed by atoms with E-state index in [0.717, 1.165) is 44.2 Å². The third-order valence-corrected chi connectivity index (χ3v) is 5.78. The van der Waals surface area contributed by atoms with Crippen molar-refractivity contribution in [2.45, 2.75) is 44.6 Å². The molecule has 2 aliphatic rings. The van der Waals surface area contributed by atoms with Gasteiger partial charge in [-0.25, -0.2) is 0 Å². The van der Waals surface area contributed by atoms with Crippen molar-refractivity contribution in [2.75, 3.05) is 20.3 Å². The van der Waals surface area contributed by atoms with Crippen LogP contribution < -0.4 is 0 Å². The molecule has 1 aromatic heterocycles. The number of hydrogen-bond donors (Lipinski definition) is 1. The summed E-state index contributed by atoms with van der Waals surface area (Å²) in [7, 11) is 1.71. The van der Waals surface area contributed by atoms with Crippen molar-refractivity contribution >= 4 is 16.8 Å². The fourth-order valence-corrected chi connectivity index (χ4v) is 4.69. The van der Waals surface area contributed by atoms with Crippen LogP contribution in [0.5, 0.6) is 0 Å². The van der Waals surface area contributed by atoms with Crippen molar-refractivity contribution in [1.82, 2.24) is 9.88 Å². The normalized spacial score (nSPS) is 22.7. The SMILES string of the molecule is CCCCN1C(=O)C=C(COC)C12CCCc1c2[nH]c2ccccc12. The molecular formula is C21H26N2O2. The molecule has 1 aliphatic carbocycles. The molecule has 2 heterocycles. The number of ether oxygens (including phenoxy) is 1. The third kappa shape index (κ3) is 2.35. The number of carbonyl (C=O) groups excluding carboxylic acids is 1. The van der Waals surface area contributed by atoms with E-state index < -0.39 is 0 Å². The van der Waals surface area contributed by atoms with Gasteiger partial charge in [0.1, 0.15) is 5.54 Å². The lowest BCUT2D eigenvalue weighted by molar-refractivity contribution is -0.130. The number of nitrogens with one attached hydrogen (secondary N) is 1. The number of H-pyrrole nitrogens is 1. The standard InChI is InChI=1S/C21H26N2O2/c1-3-4-12-23-19(24)13-15(14-25-2)21(23)11-7-9-17-16-8-5-6-10-18(16)22-20(17)21/h5-6,8,10,13,22H,3-4,7,9,11-12,14H2,1-2H3. The Bertz CT molecular complexity index is 836. The maximum absolute atomic E-state index is 12.8. The van der Waals surface area contributed by atoms with Gasteiger partial charge in [0, 0.05) is 36.3 Å². The summed E-state index contributed by atoms with van der Waals surface area (Å²) in [5.41, 5.74) is 4.50. The highest BCUT2D eigenvalue weighted by Crippen LogP contribution is 2.50. The number of carbonyl (C=O) groups is 1. The number of methoxy groups -OCH3 is 1. The minimum atomic E-state index is -0.352. The number of aryl methyl sites for hydroxylation is 1. The Balaban J connectivity index is 1.91. The van der Waals surface area contributed by atoms with E-state index in [1.807, 2.05) is 6.08 Å². The van der Waals surface area contributed by atoms with Gasteiger partial charge in [0.15, 0.2) is 0 Å². The van der Waals surface area contributed by atoms with Crippen LogP contribution in [0.3, 0.4) is 0 Å². The minimum Gasteiger partial charge on any atom is -0.380 e. The molecule has 1 N–H and O–H groups in total. The molecule has 0 fully saturated rings. The van der Waals surface area contributed by atoms with Crippen LogP contribution in [0.25, 0.3) is 10.9 Å². The second kappa shape index (κ2) is 6.34. The number of para-hydroxylation sites is 1. The van der Waals surface area contributed by atoms with Crippen molar-refractivity contribution in [3.8, 4) is 0 Å². The first-order chi connectivity index (χ1) is 12.2. The smallest absolute Gasteiger partial charge is 0.247 e. The number of benzene rings is 1. The zero-order valence-electron chi connectivity index (χ0n) is 15.1. The predicted molar refractivity (Wildman–Crippen MR) is 99.5 cm³/mol. The number of aromatic amines is 1. The Morgan fingerprint density at radius 1 is 1.32 bits per heavy atom. The summed E-state index contributed by atoms with van der Waals surface area (Å²) in [6, 6.07) is 8.49. The van der Waals surface area contributed by atoms with Gasteiger partial charge in [-0.3, -0.25) is 4.79 Å². The number of nitrogens with zero attached hydrogens (tertiary/aromatic N) is 1. The average molecular weight is 338 g/mol. The van der Waals surface area contributed by atoms with Crippen LogP contribution in [0.2, 0.25) is 0 Å². The van der Waals surface area contributed by atoms with Crippen LogP contribution in [-0.4, -0.2) is 36.1 Å². The Kier molecular flexibility index (Phi) is 4.16. The monoisotopic (exact) mass is 338 g/mol. The van der Waals surface area contributed by atoms with Gasteiger partial charge in [0.2, 0.25) is 5.91 Å². The van der Waals surface area contributed by atoms with Crippen LogP contribution in [0.1, 0.15) is 43.9 Å². The summed E-state index contributed by atoms with van der Waals surface area (Å²) >= 11 is 0. The lowest BCUT2D eigenvalue weighted by atomic mass is 9.75. The second-order valence-corrected chi connectivity index (χ2v) is 7.18. The average Bonchev–Trinajstić information content (AvgIpc) is 3.12. The van der Waals surface area contributed by atoms with Crippen LogP contribution >= 0.6 is 0 Å². The molecule has 1 unspecified atom stereocenters. The molecule has 1 atom stereocenters. The molecule has 1 aliphatic heterocycles. The molecular weight excluding hydrogens is 312 g/mol. The minimum absolute atomic E-state index is 0.131. The Hall–Kier alpha value is -2.07. The molecule has 0 radical (unpaired) electrons. The van der Waals surface area contributed by atoms with Gasteiger partial charge in [-0.2, -0.15) is 0 Å². The van der Waals surface area contributed by atoms with Gasteiger partial charge in [0.25, 0.3) is 0 Å². The molecule has 4 heteroatoms. The van der Waals surface area contributed by atoms with Crippen molar-refractivity contribution in [1.29, 1.82) is 0 Å². The zero-order valence-corrected chi connectivity index (χ0v) is 15.1. The molecule has 1 aromatic carbocycles. The zero-order chi connectivity index (χ0) is 17.4. The molecule has 1 spiro atoms. The fourth-order valence-electron chi connectivity index (χ4n) is 4.69. The maximum atomic E-state index is 12.8. The number of aromatic nitrogens is 1. The predicted octanol–water partition coefficient (Wildman–Crippen LogP) is 3.91. The Morgan fingerprint density at radius 2 is 2.16 bits per heavy atom. The molecule has 132 valence electrons. The van der Waals surface area contributed by atoms with Gasteiger partial charge < -0.3 is 14.6 Å². The van der Waals surface area contributed by atoms with Crippen LogP contribution in [0.4, 0.5) is 0 Å². The second-order valence-electron chi connectivity index (χ2n) is 7.18. The summed E-state index contributed by atoms with van der Waals surface area (Å²) in [4.78, 5) is 18.6. The molecule has 1 amide bonds. The Morgan fingerprint density at radius 3 is 2.96 bits per heavy atom. The van der Waals surface area contributed by atoms with Gasteiger partial charge >= 0.3 is 0 Å². The van der Waals surface area contributed by atoms with E-state index in [1.165, 1.54) is 22.2 Å². The molecule has 0 bridgehead atoms. The van der Waals surface area contributed by atoms with E-state index in [1.54, 1.807) is 7.11 Å². The van der Waals surface area contributed by atoms with Gasteiger partial charge in [-0.05, 0) is 42.9 Å². The van der Waals surface area contributed by atoms with E-state index in [2.05, 4.69) is 41.1 Å². The quantitative estimate of drug-likeness (QED) is 0.898. The summed E-state index contributed by atoms with van der Waals surface area (Å²) < 4.78 is 5.48. The highest BCUT2D eigenvalue weighted by Gasteiger charge is 2.51. The molecule has 4 rings (SSSR count). The van der Waals surface area contributed by atoms with Crippen molar-refractivity contribution in [2.24, 2.45) is 0 Å². The Labute approximate surface area is 148 Å². The number of hydrogen-bond acceptors (Lipinski definition) is 2. The van der Waals surface area contributed by atoms with E-state index >= 15 is 0 Å². The number of rotatable bonds is 5. The van der Waals surface area contributed by atoms with Crippen molar-refractivity contribution in [3.05, 3.63) is 47.2 Å². The van der Waals surface area contributed by atoms with Crippen LogP contribution in [0, 0.1) is 0 Å². The number of amides is 1. The maximum Gasteiger partial charge on any atom is 0.247 e. The van der Waals surface area contributed by atoms with Crippen molar-refractivity contribution < 1.29 is 9.53 Å². The lowest BCUT2D eigenvalue weighted by Gasteiger charge is -2.43. The summed E-state index contributed by atoms with van der Waals surface area (Å²) in [6.45, 7) is 3.48. The summed E-state index contributed by atoms with van der Waals surface area (Å²) in [5.74, 6) is 0.131. The molecule has 0 saturated carbocycles. The van der Waals surface area contributed by atoms with E-state index in [4.69, 9.17) is 4.74 Å². The third-order valence-electron chi connectivity index (χ3n) is 5.78. The molecule has 2 aromatic rings. The number of unbranched alkanes of at least 4 members (excludes halogenated alkanes) is 1. The molecule has 0 saturated heterocycles. The van der Waals surface area contributed by atoms with Gasteiger partial charge in [-0.15, -0.1) is 0 Å². The molecule has 4 nitrogen and oxygen atoms in total. The van der Waals surface area contributed by atoms with Crippen LogP contribution in [0.15, 0.2) is 35.9 Å². The first-order valence-electron chi connectivity index (χ1n) is 9.34.